The minimum Gasteiger partial charge on any atom is -0.493 e. The number of aliphatic imine (C=N–C) groups is 1. The largest absolute Gasteiger partial charge is 0.493 e. The van der Waals surface area contributed by atoms with E-state index >= 15 is 0 Å². The van der Waals surface area contributed by atoms with Gasteiger partial charge in [-0.25, -0.2) is 0 Å². The van der Waals surface area contributed by atoms with Crippen LogP contribution in [0.3, 0.4) is 0 Å². The van der Waals surface area contributed by atoms with E-state index in [2.05, 4.69) is 37.6 Å². The van der Waals surface area contributed by atoms with E-state index in [9.17, 15) is 0 Å². The van der Waals surface area contributed by atoms with Crippen molar-refractivity contribution in [3.05, 3.63) is 35.2 Å². The summed E-state index contributed by atoms with van der Waals surface area (Å²) in [5, 5.41) is 6.96. The van der Waals surface area contributed by atoms with Crippen molar-refractivity contribution >= 4 is 46.3 Å². The number of thiophene rings is 1. The van der Waals surface area contributed by atoms with Crippen LogP contribution >= 0.6 is 35.3 Å². The fourth-order valence-corrected chi connectivity index (χ4v) is 4.38. The number of nitrogens with zero attached hydrogens (tertiary/aromatic N) is 3. The van der Waals surface area contributed by atoms with E-state index in [1.165, 1.54) is 5.00 Å². The van der Waals surface area contributed by atoms with Gasteiger partial charge in [-0.3, -0.25) is 4.99 Å². The van der Waals surface area contributed by atoms with Crippen molar-refractivity contribution in [3.8, 4) is 17.2 Å². The minimum absolute atomic E-state index is 0. The zero-order chi connectivity index (χ0) is 20.6. The summed E-state index contributed by atoms with van der Waals surface area (Å²) in [6, 6.07) is 8.22. The van der Waals surface area contributed by atoms with Crippen LogP contribution in [0.25, 0.3) is 0 Å². The fourth-order valence-electron chi connectivity index (χ4n) is 3.59. The Balaban J connectivity index is 0.00000320. The third-order valence-electron chi connectivity index (χ3n) is 5.07. The summed E-state index contributed by atoms with van der Waals surface area (Å²) in [5.41, 5.74) is 1.07. The maximum atomic E-state index is 5.58. The Morgan fingerprint density at radius 1 is 1.03 bits per heavy atom. The Hall–Kier alpha value is -1.88. The van der Waals surface area contributed by atoms with Gasteiger partial charge in [0.1, 0.15) is 0 Å². The summed E-state index contributed by atoms with van der Waals surface area (Å²) < 4.78 is 16.4. The molecule has 0 spiro atoms. The molecule has 0 unspecified atom stereocenters. The first kappa shape index (κ1) is 24.4. The Labute approximate surface area is 200 Å². The van der Waals surface area contributed by atoms with E-state index < -0.39 is 0 Å². The Morgan fingerprint density at radius 2 is 1.77 bits per heavy atom. The number of nitrogens with one attached hydrogen (secondary N) is 1. The quantitative estimate of drug-likeness (QED) is 0.327. The van der Waals surface area contributed by atoms with Gasteiger partial charge in [-0.2, -0.15) is 0 Å². The van der Waals surface area contributed by atoms with Gasteiger partial charge in [-0.1, -0.05) is 6.07 Å². The molecule has 0 aliphatic carbocycles. The summed E-state index contributed by atoms with van der Waals surface area (Å²) in [4.78, 5) is 9.22. The van der Waals surface area contributed by atoms with Crippen LogP contribution in [0.4, 0.5) is 5.00 Å². The molecule has 1 fully saturated rings. The van der Waals surface area contributed by atoms with Crippen LogP contribution in [0.15, 0.2) is 34.6 Å². The second kappa shape index (κ2) is 12.1. The van der Waals surface area contributed by atoms with Crippen molar-refractivity contribution in [2.75, 3.05) is 66.0 Å². The van der Waals surface area contributed by atoms with Crippen molar-refractivity contribution in [2.45, 2.75) is 6.42 Å². The van der Waals surface area contributed by atoms with Gasteiger partial charge in [0.05, 0.1) is 26.3 Å². The second-order valence-electron chi connectivity index (χ2n) is 6.64. The number of anilines is 1. The molecule has 0 atom stereocenters. The molecule has 0 radical (unpaired) electrons. The van der Waals surface area contributed by atoms with Gasteiger partial charge in [-0.05, 0) is 30.0 Å². The lowest BCUT2D eigenvalue weighted by atomic mass is 10.1. The van der Waals surface area contributed by atoms with Crippen molar-refractivity contribution in [1.29, 1.82) is 0 Å². The summed E-state index contributed by atoms with van der Waals surface area (Å²) in [6.45, 7) is 4.67. The van der Waals surface area contributed by atoms with Crippen LogP contribution in [0.2, 0.25) is 0 Å². The SMILES string of the molecule is CN=C(NCCc1ccc(OC)c(OC)c1OC)N1CCN(c2cccs2)CC1.I. The lowest BCUT2D eigenvalue weighted by Crippen LogP contribution is -2.52. The predicted molar refractivity (Wildman–Crippen MR) is 135 cm³/mol. The molecular weight excluding hydrogens is 515 g/mol. The van der Waals surface area contributed by atoms with Crippen molar-refractivity contribution in [3.63, 3.8) is 0 Å². The highest BCUT2D eigenvalue weighted by Gasteiger charge is 2.20. The molecule has 2 aromatic rings. The highest BCUT2D eigenvalue weighted by atomic mass is 127. The number of hydrogen-bond acceptors (Lipinski definition) is 6. The average Bonchev–Trinajstić information content (AvgIpc) is 3.31. The number of methoxy groups -OCH3 is 3. The van der Waals surface area contributed by atoms with Gasteiger partial charge in [0.2, 0.25) is 5.75 Å². The molecule has 30 heavy (non-hydrogen) atoms. The number of hydrogen-bond donors (Lipinski definition) is 1. The predicted octanol–water partition coefficient (Wildman–Crippen LogP) is 3.33. The molecule has 1 aromatic heterocycles. The molecule has 0 amide bonds. The Morgan fingerprint density at radius 3 is 2.33 bits per heavy atom. The highest BCUT2D eigenvalue weighted by molar-refractivity contribution is 14.0. The Kier molecular flexibility index (Phi) is 9.83. The van der Waals surface area contributed by atoms with E-state index in [4.69, 9.17) is 14.2 Å². The van der Waals surface area contributed by atoms with Gasteiger partial charge in [-0.15, -0.1) is 35.3 Å². The molecule has 166 valence electrons. The summed E-state index contributed by atoms with van der Waals surface area (Å²) >= 11 is 1.80. The number of ether oxygens (including phenoxy) is 3. The third kappa shape index (κ3) is 5.63. The molecule has 9 heteroatoms. The van der Waals surface area contributed by atoms with E-state index in [0.29, 0.717) is 17.2 Å². The van der Waals surface area contributed by atoms with E-state index in [-0.39, 0.29) is 24.0 Å². The van der Waals surface area contributed by atoms with Crippen molar-refractivity contribution in [1.82, 2.24) is 10.2 Å². The molecule has 3 rings (SSSR count). The summed E-state index contributed by atoms with van der Waals surface area (Å²) in [7, 11) is 6.74. The zero-order valence-electron chi connectivity index (χ0n) is 18.0. The molecule has 1 aliphatic heterocycles. The lowest BCUT2D eigenvalue weighted by Gasteiger charge is -2.37. The molecule has 1 N–H and O–H groups in total. The highest BCUT2D eigenvalue weighted by Crippen LogP contribution is 2.39. The van der Waals surface area contributed by atoms with Gasteiger partial charge in [0, 0.05) is 45.3 Å². The van der Waals surface area contributed by atoms with Gasteiger partial charge >= 0.3 is 0 Å². The van der Waals surface area contributed by atoms with Gasteiger partial charge in [0.15, 0.2) is 17.5 Å². The number of guanidine groups is 1. The second-order valence-corrected chi connectivity index (χ2v) is 7.57. The third-order valence-corrected chi connectivity index (χ3v) is 6.00. The number of benzene rings is 1. The van der Waals surface area contributed by atoms with Crippen LogP contribution in [0.1, 0.15) is 5.56 Å². The smallest absolute Gasteiger partial charge is 0.203 e. The summed E-state index contributed by atoms with van der Waals surface area (Å²) in [6.07, 6.45) is 0.789. The van der Waals surface area contributed by atoms with Crippen LogP contribution < -0.4 is 24.4 Å². The fraction of sp³-hybridized carbons (Fsp3) is 0.476. The monoisotopic (exact) mass is 546 g/mol. The molecule has 1 saturated heterocycles. The topological polar surface area (TPSA) is 58.6 Å². The molecule has 7 nitrogen and oxygen atoms in total. The summed E-state index contributed by atoms with van der Waals surface area (Å²) in [5.74, 6) is 2.95. The van der Waals surface area contributed by atoms with E-state index in [0.717, 1.165) is 50.7 Å². The van der Waals surface area contributed by atoms with Crippen LogP contribution in [-0.4, -0.2) is 72.0 Å². The van der Waals surface area contributed by atoms with Crippen molar-refractivity contribution in [2.24, 2.45) is 4.99 Å². The maximum absolute atomic E-state index is 5.58. The number of halogens is 1. The van der Waals surface area contributed by atoms with E-state index in [1.54, 1.807) is 32.7 Å². The van der Waals surface area contributed by atoms with Crippen LogP contribution in [0, 0.1) is 0 Å². The average molecular weight is 546 g/mol. The van der Waals surface area contributed by atoms with Crippen molar-refractivity contribution < 1.29 is 14.2 Å². The van der Waals surface area contributed by atoms with Gasteiger partial charge in [0.25, 0.3) is 0 Å². The van der Waals surface area contributed by atoms with Crippen LogP contribution in [0.5, 0.6) is 17.2 Å². The number of piperazine rings is 1. The van der Waals surface area contributed by atoms with Gasteiger partial charge < -0.3 is 29.3 Å². The Bertz CT molecular complexity index is 809. The first-order chi connectivity index (χ1) is 14.2. The first-order valence-electron chi connectivity index (χ1n) is 9.73. The first-order valence-corrected chi connectivity index (χ1v) is 10.6. The molecule has 0 saturated carbocycles. The zero-order valence-corrected chi connectivity index (χ0v) is 21.2. The van der Waals surface area contributed by atoms with E-state index in [1.807, 2.05) is 19.2 Å². The molecular formula is C21H31IN4O3S. The molecule has 1 aliphatic rings. The molecule has 1 aromatic carbocycles. The molecule has 2 heterocycles. The normalized spacial score (nSPS) is 14.2. The standard InChI is InChI=1S/C21H30N4O3S.HI/c1-22-21(25-13-11-24(12-14-25)18-6-5-15-29-18)23-10-9-16-7-8-17(26-2)20(28-4)19(16)27-3;/h5-8,15H,9-14H2,1-4H3,(H,22,23);1H. The van der Waals surface area contributed by atoms with Crippen LogP contribution in [-0.2, 0) is 6.42 Å². The lowest BCUT2D eigenvalue weighted by molar-refractivity contribution is 0.322. The molecule has 0 bridgehead atoms. The minimum atomic E-state index is 0. The maximum Gasteiger partial charge on any atom is 0.203 e. The number of rotatable bonds is 7.